The molecule has 2 rings (SSSR count). The van der Waals surface area contributed by atoms with E-state index in [0.717, 1.165) is 30.8 Å². The number of hydrogen-bond acceptors (Lipinski definition) is 3. The average Bonchev–Trinajstić information content (AvgIpc) is 2.78. The van der Waals surface area contributed by atoms with Crippen molar-refractivity contribution in [3.8, 4) is 0 Å². The Morgan fingerprint density at radius 3 is 2.65 bits per heavy atom. The quantitative estimate of drug-likeness (QED) is 0.805. The summed E-state index contributed by atoms with van der Waals surface area (Å²) in [7, 11) is 0. The molecule has 0 unspecified atom stereocenters. The summed E-state index contributed by atoms with van der Waals surface area (Å²) in [5.41, 5.74) is 5.53. The van der Waals surface area contributed by atoms with Gasteiger partial charge in [-0.2, -0.15) is 5.10 Å². The highest BCUT2D eigenvalue weighted by Gasteiger charge is 2.03. The van der Waals surface area contributed by atoms with Gasteiger partial charge in [0, 0.05) is 31.2 Å². The molecule has 1 N–H and O–H groups in total. The Morgan fingerprint density at radius 2 is 2.00 bits per heavy atom. The molecule has 0 amide bonds. The van der Waals surface area contributed by atoms with Gasteiger partial charge in [-0.05, 0) is 25.1 Å². The van der Waals surface area contributed by atoms with E-state index < -0.39 is 0 Å². The Balaban J connectivity index is 2.24. The van der Waals surface area contributed by atoms with Crippen LogP contribution in [-0.2, 0) is 6.54 Å². The van der Waals surface area contributed by atoms with Crippen LogP contribution in [0.3, 0.4) is 0 Å². The largest absolute Gasteiger partial charge is 0.319 e. The van der Waals surface area contributed by atoms with Crippen molar-refractivity contribution >= 4 is 16.6 Å². The van der Waals surface area contributed by atoms with Crippen LogP contribution < -0.4 is 5.43 Å². The molecule has 1 heterocycles. The predicted molar refractivity (Wildman–Crippen MR) is 72.0 cm³/mol. The molecule has 0 aliphatic heterocycles. The number of fused-ring (bicyclic) bond motifs is 1. The SMILES string of the molecule is CCN(CC)Nc1ccc2cn(CC)nc2c1. The van der Waals surface area contributed by atoms with E-state index in [0.29, 0.717) is 0 Å². The summed E-state index contributed by atoms with van der Waals surface area (Å²) in [6.07, 6.45) is 2.08. The lowest BCUT2D eigenvalue weighted by Crippen LogP contribution is -2.29. The fraction of sp³-hybridized carbons (Fsp3) is 0.462. The van der Waals surface area contributed by atoms with Crippen molar-refractivity contribution in [2.75, 3.05) is 18.5 Å². The molecule has 0 aliphatic carbocycles. The minimum Gasteiger partial charge on any atom is -0.319 e. The van der Waals surface area contributed by atoms with Crippen LogP contribution in [0.5, 0.6) is 0 Å². The standard InChI is InChI=1S/C13H20N4/c1-4-16(5-2)14-12-8-7-11-10-17(6-3)15-13(11)9-12/h7-10,14H,4-6H2,1-3H3. The second kappa shape index (κ2) is 5.19. The molecule has 2 aromatic rings. The monoisotopic (exact) mass is 232 g/mol. The Labute approximate surface area is 102 Å². The third-order valence-electron chi connectivity index (χ3n) is 2.93. The number of benzene rings is 1. The minimum atomic E-state index is 0.910. The van der Waals surface area contributed by atoms with Crippen LogP contribution in [0.4, 0.5) is 5.69 Å². The van der Waals surface area contributed by atoms with Gasteiger partial charge in [-0.3, -0.25) is 4.68 Å². The number of hydrazine groups is 1. The summed E-state index contributed by atoms with van der Waals surface area (Å²) in [5.74, 6) is 0. The number of rotatable bonds is 5. The lowest BCUT2D eigenvalue weighted by atomic mass is 10.2. The van der Waals surface area contributed by atoms with Crippen molar-refractivity contribution in [3.05, 3.63) is 24.4 Å². The van der Waals surface area contributed by atoms with E-state index >= 15 is 0 Å². The Hall–Kier alpha value is -1.55. The van der Waals surface area contributed by atoms with Crippen molar-refractivity contribution in [3.63, 3.8) is 0 Å². The molecule has 1 aromatic carbocycles. The highest BCUT2D eigenvalue weighted by atomic mass is 15.5. The molecule has 0 bridgehead atoms. The van der Waals surface area contributed by atoms with Crippen molar-refractivity contribution in [2.45, 2.75) is 27.3 Å². The maximum atomic E-state index is 4.51. The summed E-state index contributed by atoms with van der Waals surface area (Å²) in [6, 6.07) is 6.31. The van der Waals surface area contributed by atoms with E-state index in [1.807, 2.05) is 4.68 Å². The average molecular weight is 232 g/mol. The number of nitrogens with one attached hydrogen (secondary N) is 1. The molecule has 1 aromatic heterocycles. The van der Waals surface area contributed by atoms with Crippen LogP contribution in [0.25, 0.3) is 10.9 Å². The molecule has 4 nitrogen and oxygen atoms in total. The zero-order valence-electron chi connectivity index (χ0n) is 10.8. The first-order chi connectivity index (χ1) is 8.26. The van der Waals surface area contributed by atoms with Crippen molar-refractivity contribution in [1.29, 1.82) is 0 Å². The van der Waals surface area contributed by atoms with E-state index in [1.165, 1.54) is 5.39 Å². The van der Waals surface area contributed by atoms with Gasteiger partial charge in [0.05, 0.1) is 11.2 Å². The van der Waals surface area contributed by atoms with Crippen molar-refractivity contribution < 1.29 is 0 Å². The van der Waals surface area contributed by atoms with Gasteiger partial charge in [0.25, 0.3) is 0 Å². The molecule has 4 heteroatoms. The molecule has 0 saturated carbocycles. The highest BCUT2D eigenvalue weighted by molar-refractivity contribution is 5.81. The maximum Gasteiger partial charge on any atom is 0.0944 e. The number of anilines is 1. The number of hydrogen-bond donors (Lipinski definition) is 1. The third-order valence-corrected chi connectivity index (χ3v) is 2.93. The molecule has 92 valence electrons. The van der Waals surface area contributed by atoms with E-state index in [2.05, 4.69) is 60.7 Å². The van der Waals surface area contributed by atoms with Gasteiger partial charge >= 0.3 is 0 Å². The van der Waals surface area contributed by atoms with E-state index in [4.69, 9.17) is 0 Å². The van der Waals surface area contributed by atoms with E-state index in [-0.39, 0.29) is 0 Å². The van der Waals surface area contributed by atoms with Gasteiger partial charge < -0.3 is 5.43 Å². The predicted octanol–water partition coefficient (Wildman–Crippen LogP) is 2.72. The van der Waals surface area contributed by atoms with Gasteiger partial charge in [0.2, 0.25) is 0 Å². The smallest absolute Gasteiger partial charge is 0.0944 e. The first-order valence-corrected chi connectivity index (χ1v) is 6.25. The first kappa shape index (κ1) is 11.9. The fourth-order valence-corrected chi connectivity index (χ4v) is 1.86. The van der Waals surface area contributed by atoms with Crippen LogP contribution in [0.2, 0.25) is 0 Å². The van der Waals surface area contributed by atoms with Gasteiger partial charge in [0.15, 0.2) is 0 Å². The third kappa shape index (κ3) is 2.58. The molecule has 0 spiro atoms. The summed E-state index contributed by atoms with van der Waals surface area (Å²) in [6.45, 7) is 9.26. The van der Waals surface area contributed by atoms with Crippen LogP contribution in [0.15, 0.2) is 24.4 Å². The van der Waals surface area contributed by atoms with Gasteiger partial charge in [-0.1, -0.05) is 13.8 Å². The first-order valence-electron chi connectivity index (χ1n) is 6.25. The molecule has 0 aliphatic rings. The number of aryl methyl sites for hydroxylation is 1. The highest BCUT2D eigenvalue weighted by Crippen LogP contribution is 2.18. The van der Waals surface area contributed by atoms with E-state index in [1.54, 1.807) is 0 Å². The van der Waals surface area contributed by atoms with Crippen molar-refractivity contribution in [2.24, 2.45) is 0 Å². The zero-order chi connectivity index (χ0) is 12.3. The Kier molecular flexibility index (Phi) is 3.64. The zero-order valence-corrected chi connectivity index (χ0v) is 10.8. The normalized spacial score (nSPS) is 11.3. The summed E-state index contributed by atoms with van der Waals surface area (Å²) < 4.78 is 1.96. The number of nitrogens with zero attached hydrogens (tertiary/aromatic N) is 3. The minimum absolute atomic E-state index is 0.910. The molecule has 0 fully saturated rings. The second-order valence-electron chi connectivity index (χ2n) is 4.04. The fourth-order valence-electron chi connectivity index (χ4n) is 1.86. The summed E-state index contributed by atoms with van der Waals surface area (Å²) in [5, 5.41) is 7.87. The lowest BCUT2D eigenvalue weighted by Gasteiger charge is -2.20. The molecule has 0 saturated heterocycles. The van der Waals surface area contributed by atoms with Crippen LogP contribution in [0.1, 0.15) is 20.8 Å². The summed E-state index contributed by atoms with van der Waals surface area (Å²) >= 11 is 0. The Bertz CT molecular complexity index is 485. The van der Waals surface area contributed by atoms with Crippen LogP contribution in [-0.4, -0.2) is 27.9 Å². The van der Waals surface area contributed by atoms with Crippen molar-refractivity contribution in [1.82, 2.24) is 14.8 Å². The van der Waals surface area contributed by atoms with Gasteiger partial charge in [0.1, 0.15) is 0 Å². The van der Waals surface area contributed by atoms with Crippen LogP contribution >= 0.6 is 0 Å². The van der Waals surface area contributed by atoms with Crippen LogP contribution in [0, 0.1) is 0 Å². The molecule has 0 radical (unpaired) electrons. The van der Waals surface area contributed by atoms with Gasteiger partial charge in [-0.25, -0.2) is 5.01 Å². The maximum absolute atomic E-state index is 4.51. The lowest BCUT2D eigenvalue weighted by molar-refractivity contribution is 0.367. The number of aromatic nitrogens is 2. The summed E-state index contributed by atoms with van der Waals surface area (Å²) in [4.78, 5) is 0. The second-order valence-corrected chi connectivity index (χ2v) is 4.04. The Morgan fingerprint density at radius 1 is 1.24 bits per heavy atom. The molecular formula is C13H20N4. The van der Waals surface area contributed by atoms with E-state index in [9.17, 15) is 0 Å². The topological polar surface area (TPSA) is 33.1 Å². The van der Waals surface area contributed by atoms with Gasteiger partial charge in [-0.15, -0.1) is 0 Å². The molecular weight excluding hydrogens is 212 g/mol. The molecule has 17 heavy (non-hydrogen) atoms. The molecule has 0 atom stereocenters.